The van der Waals surface area contributed by atoms with Crippen LogP contribution in [0.2, 0.25) is 0 Å². The monoisotopic (exact) mass is 391 g/mol. The summed E-state index contributed by atoms with van der Waals surface area (Å²) in [6.45, 7) is 11.0. The quantitative estimate of drug-likeness (QED) is 0.642. The number of nitrogens with one attached hydrogen (secondary N) is 1. The number of nitrogens with zero attached hydrogens (tertiary/aromatic N) is 2. The van der Waals surface area contributed by atoms with E-state index in [1.54, 1.807) is 6.92 Å². The molecule has 1 N–H and O–H groups in total. The number of hydrogen-bond acceptors (Lipinski definition) is 5. The number of unbranched alkanes of at least 4 members (excludes halogenated alkanes) is 1. The molecule has 1 unspecified atom stereocenters. The Morgan fingerprint density at radius 3 is 2.70 bits per heavy atom. The molecule has 1 amide bonds. The van der Waals surface area contributed by atoms with Crippen LogP contribution in [0.4, 0.5) is 0 Å². The van der Waals surface area contributed by atoms with Crippen LogP contribution < -0.4 is 5.32 Å². The fourth-order valence-corrected chi connectivity index (χ4v) is 3.48. The van der Waals surface area contributed by atoms with E-state index >= 15 is 0 Å². The van der Waals surface area contributed by atoms with Crippen molar-refractivity contribution >= 4 is 23.2 Å². The molecule has 2 aromatic heterocycles. The number of carbonyl (C=O) groups is 2. The molecule has 2 aromatic rings. The van der Waals surface area contributed by atoms with E-state index in [0.717, 1.165) is 37.2 Å². The van der Waals surface area contributed by atoms with Gasteiger partial charge in [-0.3, -0.25) is 4.79 Å². The van der Waals surface area contributed by atoms with Crippen molar-refractivity contribution in [3.05, 3.63) is 27.7 Å². The van der Waals surface area contributed by atoms with E-state index in [4.69, 9.17) is 4.74 Å². The predicted molar refractivity (Wildman–Crippen MR) is 108 cm³/mol. The number of amides is 1. The van der Waals surface area contributed by atoms with Crippen molar-refractivity contribution in [2.45, 2.75) is 66.5 Å². The zero-order valence-electron chi connectivity index (χ0n) is 16.8. The minimum Gasteiger partial charge on any atom is -0.461 e. The molecule has 0 saturated heterocycles. The lowest BCUT2D eigenvalue weighted by molar-refractivity contribution is 0.0526. The van der Waals surface area contributed by atoms with E-state index in [2.05, 4.69) is 21.8 Å². The topological polar surface area (TPSA) is 73.2 Å². The van der Waals surface area contributed by atoms with E-state index in [1.807, 2.05) is 32.2 Å². The second kappa shape index (κ2) is 9.69. The molecule has 0 aromatic carbocycles. The SMILES string of the molecule is CCCCn1c(-c2csc(C(=O)OCC)n2)cc(C(=O)NC(C)CC)c1C. The van der Waals surface area contributed by atoms with Gasteiger partial charge in [-0.05, 0) is 39.7 Å². The molecule has 2 heterocycles. The molecule has 27 heavy (non-hydrogen) atoms. The van der Waals surface area contributed by atoms with Crippen LogP contribution in [-0.4, -0.2) is 34.1 Å². The van der Waals surface area contributed by atoms with Crippen LogP contribution >= 0.6 is 11.3 Å². The maximum Gasteiger partial charge on any atom is 0.367 e. The number of aromatic nitrogens is 2. The molecule has 0 radical (unpaired) electrons. The van der Waals surface area contributed by atoms with Gasteiger partial charge in [-0.15, -0.1) is 11.3 Å². The van der Waals surface area contributed by atoms with Gasteiger partial charge in [0.1, 0.15) is 0 Å². The van der Waals surface area contributed by atoms with E-state index in [0.29, 0.717) is 22.9 Å². The normalized spacial score (nSPS) is 12.0. The van der Waals surface area contributed by atoms with Gasteiger partial charge in [0.2, 0.25) is 5.01 Å². The number of carbonyl (C=O) groups excluding carboxylic acids is 2. The number of ether oxygens (including phenoxy) is 1. The fraction of sp³-hybridized carbons (Fsp3) is 0.550. The lowest BCUT2D eigenvalue weighted by atomic mass is 10.2. The van der Waals surface area contributed by atoms with Crippen LogP contribution in [-0.2, 0) is 11.3 Å². The van der Waals surface area contributed by atoms with Crippen molar-refractivity contribution in [1.82, 2.24) is 14.9 Å². The van der Waals surface area contributed by atoms with Gasteiger partial charge < -0.3 is 14.6 Å². The molecule has 0 aliphatic rings. The number of rotatable bonds is 9. The van der Waals surface area contributed by atoms with Gasteiger partial charge in [0.05, 0.1) is 23.6 Å². The highest BCUT2D eigenvalue weighted by Crippen LogP contribution is 2.28. The first kappa shape index (κ1) is 21.2. The minimum atomic E-state index is -0.410. The molecule has 6 nitrogen and oxygen atoms in total. The highest BCUT2D eigenvalue weighted by Gasteiger charge is 2.22. The molecular formula is C20H29N3O3S. The Morgan fingerprint density at radius 1 is 1.33 bits per heavy atom. The summed E-state index contributed by atoms with van der Waals surface area (Å²) in [4.78, 5) is 29.1. The summed E-state index contributed by atoms with van der Waals surface area (Å²) in [5, 5.41) is 5.21. The highest BCUT2D eigenvalue weighted by atomic mass is 32.1. The smallest absolute Gasteiger partial charge is 0.367 e. The van der Waals surface area contributed by atoms with Crippen molar-refractivity contribution in [3.8, 4) is 11.4 Å². The fourth-order valence-electron chi connectivity index (χ4n) is 2.77. The molecule has 0 spiro atoms. The molecule has 0 aliphatic carbocycles. The van der Waals surface area contributed by atoms with Crippen LogP contribution in [0.3, 0.4) is 0 Å². The lowest BCUT2D eigenvalue weighted by Gasteiger charge is -2.12. The van der Waals surface area contributed by atoms with Gasteiger partial charge in [-0.2, -0.15) is 0 Å². The zero-order chi connectivity index (χ0) is 20.0. The number of hydrogen-bond donors (Lipinski definition) is 1. The first-order valence-corrected chi connectivity index (χ1v) is 10.4. The molecule has 0 aliphatic heterocycles. The Morgan fingerprint density at radius 2 is 2.07 bits per heavy atom. The van der Waals surface area contributed by atoms with Crippen LogP contribution in [0, 0.1) is 6.92 Å². The maximum atomic E-state index is 12.7. The Hall–Kier alpha value is -2.15. The molecule has 0 bridgehead atoms. The second-order valence-electron chi connectivity index (χ2n) is 6.57. The third kappa shape index (κ3) is 4.97. The molecular weight excluding hydrogens is 362 g/mol. The highest BCUT2D eigenvalue weighted by molar-refractivity contribution is 7.11. The zero-order valence-corrected chi connectivity index (χ0v) is 17.6. The van der Waals surface area contributed by atoms with E-state index in [-0.39, 0.29) is 11.9 Å². The summed E-state index contributed by atoms with van der Waals surface area (Å²) in [5.74, 6) is -0.480. The average Bonchev–Trinajstić information content (AvgIpc) is 3.25. The standard InChI is InChI=1S/C20H29N3O3S/c1-6-9-10-23-14(5)15(18(24)21-13(4)7-2)11-17(23)16-12-27-19(22-16)20(25)26-8-3/h11-13H,6-10H2,1-5H3,(H,21,24). The van der Waals surface area contributed by atoms with Gasteiger partial charge in [0.25, 0.3) is 5.91 Å². The van der Waals surface area contributed by atoms with E-state index in [1.165, 1.54) is 11.3 Å². The number of thiazole rings is 1. The molecule has 0 fully saturated rings. The average molecular weight is 392 g/mol. The van der Waals surface area contributed by atoms with Gasteiger partial charge in [-0.1, -0.05) is 20.3 Å². The maximum absolute atomic E-state index is 12.7. The molecule has 0 saturated carbocycles. The largest absolute Gasteiger partial charge is 0.461 e. The molecule has 1 atom stereocenters. The first-order chi connectivity index (χ1) is 12.9. The van der Waals surface area contributed by atoms with Gasteiger partial charge in [-0.25, -0.2) is 9.78 Å². The first-order valence-electron chi connectivity index (χ1n) is 9.56. The summed E-state index contributed by atoms with van der Waals surface area (Å²) in [5.41, 5.74) is 3.14. The van der Waals surface area contributed by atoms with E-state index < -0.39 is 5.97 Å². The van der Waals surface area contributed by atoms with E-state index in [9.17, 15) is 9.59 Å². The van der Waals surface area contributed by atoms with Crippen molar-refractivity contribution in [2.75, 3.05) is 6.61 Å². The molecule has 7 heteroatoms. The second-order valence-corrected chi connectivity index (χ2v) is 7.43. The minimum absolute atomic E-state index is 0.0702. The van der Waals surface area contributed by atoms with Crippen molar-refractivity contribution in [2.24, 2.45) is 0 Å². The Labute approximate surface area is 164 Å². The summed E-state index contributed by atoms with van der Waals surface area (Å²) in [7, 11) is 0. The lowest BCUT2D eigenvalue weighted by Crippen LogP contribution is -2.32. The predicted octanol–water partition coefficient (Wildman–Crippen LogP) is 4.43. The summed E-state index contributed by atoms with van der Waals surface area (Å²) < 4.78 is 7.16. The van der Waals surface area contributed by atoms with Crippen LogP contribution in [0.15, 0.2) is 11.4 Å². The summed E-state index contributed by atoms with van der Waals surface area (Å²) >= 11 is 1.26. The molecule has 148 valence electrons. The Kier molecular flexibility index (Phi) is 7.59. The van der Waals surface area contributed by atoms with Gasteiger partial charge in [0, 0.05) is 23.7 Å². The van der Waals surface area contributed by atoms with Gasteiger partial charge >= 0.3 is 5.97 Å². The summed E-state index contributed by atoms with van der Waals surface area (Å²) in [6, 6.07) is 2.00. The van der Waals surface area contributed by atoms with Crippen molar-refractivity contribution < 1.29 is 14.3 Å². The van der Waals surface area contributed by atoms with Crippen molar-refractivity contribution in [1.29, 1.82) is 0 Å². The van der Waals surface area contributed by atoms with Crippen LogP contribution in [0.25, 0.3) is 11.4 Å². The van der Waals surface area contributed by atoms with Gasteiger partial charge in [0.15, 0.2) is 0 Å². The van der Waals surface area contributed by atoms with Crippen LogP contribution in [0.1, 0.15) is 72.8 Å². The van der Waals surface area contributed by atoms with Crippen molar-refractivity contribution in [3.63, 3.8) is 0 Å². The Balaban J connectivity index is 2.41. The third-order valence-corrected chi connectivity index (χ3v) is 5.38. The third-order valence-electron chi connectivity index (χ3n) is 4.55. The Bertz CT molecular complexity index is 794. The van der Waals surface area contributed by atoms with Crippen LogP contribution in [0.5, 0.6) is 0 Å². The molecule has 2 rings (SSSR count). The number of esters is 1. The summed E-state index contributed by atoms with van der Waals surface area (Å²) in [6.07, 6.45) is 2.93.